The molecule has 0 aliphatic rings. The zero-order valence-electron chi connectivity index (χ0n) is 14.2. The minimum Gasteiger partial charge on any atom is -0.378 e. The zero-order valence-corrected chi connectivity index (χ0v) is 15.8. The fraction of sp³-hybridized carbons (Fsp3) is 0.105. The van der Waals surface area contributed by atoms with Crippen molar-refractivity contribution in [3.05, 3.63) is 74.0 Å². The standard InChI is InChI=1S/C19H15ClN4OS/c1-23(2)15-8-6-12(7-9-15)10-16-18(25)24-17(21-22-19(24)26-16)13-4-3-5-14(20)11-13/h3-11H,1-2H3/b16-10-. The highest BCUT2D eigenvalue weighted by Crippen LogP contribution is 2.21. The molecule has 0 saturated carbocycles. The highest BCUT2D eigenvalue weighted by Gasteiger charge is 2.14. The van der Waals surface area contributed by atoms with Gasteiger partial charge in [0.2, 0.25) is 4.96 Å². The number of fused-ring (bicyclic) bond motifs is 1. The van der Waals surface area contributed by atoms with Crippen LogP contribution in [0.3, 0.4) is 0 Å². The van der Waals surface area contributed by atoms with Crippen molar-refractivity contribution >= 4 is 39.7 Å². The third-order valence-electron chi connectivity index (χ3n) is 4.04. The molecule has 4 rings (SSSR count). The van der Waals surface area contributed by atoms with E-state index in [2.05, 4.69) is 10.2 Å². The van der Waals surface area contributed by atoms with Crippen molar-refractivity contribution in [1.82, 2.24) is 14.6 Å². The first kappa shape index (κ1) is 16.8. The molecule has 0 fully saturated rings. The summed E-state index contributed by atoms with van der Waals surface area (Å²) in [5.41, 5.74) is 2.72. The van der Waals surface area contributed by atoms with E-state index in [0.717, 1.165) is 16.8 Å². The van der Waals surface area contributed by atoms with E-state index in [0.29, 0.717) is 20.3 Å². The summed E-state index contributed by atoms with van der Waals surface area (Å²) in [4.78, 5) is 15.5. The highest BCUT2D eigenvalue weighted by atomic mass is 35.5. The Bertz CT molecular complexity index is 1190. The molecule has 0 amide bonds. The van der Waals surface area contributed by atoms with Gasteiger partial charge in [-0.05, 0) is 35.9 Å². The SMILES string of the molecule is CN(C)c1ccc(/C=c2\sc3nnc(-c4cccc(Cl)c4)n3c2=O)cc1. The lowest BCUT2D eigenvalue weighted by molar-refractivity contribution is 1.09. The Morgan fingerprint density at radius 1 is 1.12 bits per heavy atom. The Balaban J connectivity index is 1.83. The molecule has 0 bridgehead atoms. The first-order valence-electron chi connectivity index (χ1n) is 7.96. The summed E-state index contributed by atoms with van der Waals surface area (Å²) in [6.45, 7) is 0. The highest BCUT2D eigenvalue weighted by molar-refractivity contribution is 7.15. The van der Waals surface area contributed by atoms with Crippen LogP contribution >= 0.6 is 22.9 Å². The second-order valence-electron chi connectivity index (χ2n) is 6.05. The van der Waals surface area contributed by atoms with Gasteiger partial charge < -0.3 is 4.90 Å². The largest absolute Gasteiger partial charge is 0.378 e. The van der Waals surface area contributed by atoms with Gasteiger partial charge in [-0.3, -0.25) is 4.79 Å². The van der Waals surface area contributed by atoms with Crippen LogP contribution in [-0.2, 0) is 0 Å². The number of thiazole rings is 1. The van der Waals surface area contributed by atoms with Crippen molar-refractivity contribution in [2.24, 2.45) is 0 Å². The summed E-state index contributed by atoms with van der Waals surface area (Å²) in [6.07, 6.45) is 1.88. The Labute approximate surface area is 158 Å². The molecular formula is C19H15ClN4OS. The maximum Gasteiger partial charge on any atom is 0.276 e. The second-order valence-corrected chi connectivity index (χ2v) is 7.50. The van der Waals surface area contributed by atoms with Gasteiger partial charge in [0.05, 0.1) is 4.53 Å². The number of benzene rings is 2. The molecule has 0 N–H and O–H groups in total. The van der Waals surface area contributed by atoms with Gasteiger partial charge in [0.15, 0.2) is 5.82 Å². The lowest BCUT2D eigenvalue weighted by atomic mass is 10.2. The molecule has 2 aromatic carbocycles. The molecule has 26 heavy (non-hydrogen) atoms. The summed E-state index contributed by atoms with van der Waals surface area (Å²) >= 11 is 7.38. The average Bonchev–Trinajstić information content (AvgIpc) is 3.16. The third kappa shape index (κ3) is 2.98. The van der Waals surface area contributed by atoms with Crippen LogP contribution in [0, 0.1) is 0 Å². The van der Waals surface area contributed by atoms with Gasteiger partial charge in [0, 0.05) is 30.4 Å². The van der Waals surface area contributed by atoms with Crippen LogP contribution in [0.4, 0.5) is 5.69 Å². The van der Waals surface area contributed by atoms with Crippen LogP contribution in [0.1, 0.15) is 5.56 Å². The molecule has 7 heteroatoms. The van der Waals surface area contributed by atoms with Crippen LogP contribution in [0.2, 0.25) is 5.02 Å². The minimum atomic E-state index is -0.123. The minimum absolute atomic E-state index is 0.123. The summed E-state index contributed by atoms with van der Waals surface area (Å²) in [5, 5.41) is 8.89. The molecule has 2 heterocycles. The van der Waals surface area contributed by atoms with Crippen molar-refractivity contribution in [1.29, 1.82) is 0 Å². The van der Waals surface area contributed by atoms with Gasteiger partial charge in [0.25, 0.3) is 5.56 Å². The first-order valence-corrected chi connectivity index (χ1v) is 9.15. The molecule has 0 spiro atoms. The molecule has 130 valence electrons. The Hall–Kier alpha value is -2.70. The molecule has 0 saturated heterocycles. The van der Waals surface area contributed by atoms with E-state index >= 15 is 0 Å². The Kier molecular flexibility index (Phi) is 4.22. The molecule has 4 aromatic rings. The van der Waals surface area contributed by atoms with Crippen molar-refractivity contribution in [3.63, 3.8) is 0 Å². The lowest BCUT2D eigenvalue weighted by Crippen LogP contribution is -2.23. The quantitative estimate of drug-likeness (QED) is 0.546. The fourth-order valence-electron chi connectivity index (χ4n) is 2.70. The molecule has 5 nitrogen and oxygen atoms in total. The van der Waals surface area contributed by atoms with Crippen LogP contribution in [0.15, 0.2) is 53.3 Å². The van der Waals surface area contributed by atoms with Gasteiger partial charge >= 0.3 is 0 Å². The Morgan fingerprint density at radius 3 is 2.58 bits per heavy atom. The van der Waals surface area contributed by atoms with Gasteiger partial charge in [-0.1, -0.05) is 47.2 Å². The number of aromatic nitrogens is 3. The van der Waals surface area contributed by atoms with E-state index in [1.807, 2.05) is 61.5 Å². The molecule has 0 aliphatic heterocycles. The maximum atomic E-state index is 12.9. The molecule has 0 atom stereocenters. The van der Waals surface area contributed by atoms with Crippen molar-refractivity contribution in [3.8, 4) is 11.4 Å². The number of hydrogen-bond donors (Lipinski definition) is 0. The van der Waals surface area contributed by atoms with Gasteiger partial charge in [-0.15, -0.1) is 10.2 Å². The number of hydrogen-bond acceptors (Lipinski definition) is 5. The molecular weight excluding hydrogens is 368 g/mol. The summed E-state index contributed by atoms with van der Waals surface area (Å²) in [5.74, 6) is 0.506. The van der Waals surface area contributed by atoms with Gasteiger partial charge in [0.1, 0.15) is 0 Å². The third-order valence-corrected chi connectivity index (χ3v) is 5.23. The summed E-state index contributed by atoms with van der Waals surface area (Å²) < 4.78 is 2.16. The van der Waals surface area contributed by atoms with E-state index in [4.69, 9.17) is 11.6 Å². The summed E-state index contributed by atoms with van der Waals surface area (Å²) in [7, 11) is 3.99. The van der Waals surface area contributed by atoms with Gasteiger partial charge in [-0.2, -0.15) is 0 Å². The van der Waals surface area contributed by atoms with Crippen molar-refractivity contribution in [2.75, 3.05) is 19.0 Å². The number of nitrogens with zero attached hydrogens (tertiary/aromatic N) is 4. The van der Waals surface area contributed by atoms with Crippen LogP contribution in [0.5, 0.6) is 0 Å². The Morgan fingerprint density at radius 2 is 1.88 bits per heavy atom. The van der Waals surface area contributed by atoms with Crippen LogP contribution in [0.25, 0.3) is 22.4 Å². The van der Waals surface area contributed by atoms with E-state index in [-0.39, 0.29) is 5.56 Å². The predicted octanol–water partition coefficient (Wildman–Crippen LogP) is 3.09. The molecule has 2 aromatic heterocycles. The predicted molar refractivity (Wildman–Crippen MR) is 107 cm³/mol. The van der Waals surface area contributed by atoms with E-state index in [9.17, 15) is 4.79 Å². The maximum absolute atomic E-state index is 12.9. The van der Waals surface area contributed by atoms with Crippen LogP contribution in [-0.4, -0.2) is 28.7 Å². The zero-order chi connectivity index (χ0) is 18.3. The average molecular weight is 383 g/mol. The second kappa shape index (κ2) is 6.55. The summed E-state index contributed by atoms with van der Waals surface area (Å²) in [6, 6.07) is 15.3. The normalized spacial score (nSPS) is 12.0. The van der Waals surface area contributed by atoms with E-state index in [1.54, 1.807) is 12.1 Å². The van der Waals surface area contributed by atoms with Crippen molar-refractivity contribution < 1.29 is 0 Å². The number of rotatable bonds is 3. The molecule has 0 unspecified atom stereocenters. The van der Waals surface area contributed by atoms with Gasteiger partial charge in [-0.25, -0.2) is 4.40 Å². The smallest absolute Gasteiger partial charge is 0.276 e. The monoisotopic (exact) mass is 382 g/mol. The fourth-order valence-corrected chi connectivity index (χ4v) is 3.80. The molecule has 0 radical (unpaired) electrons. The number of anilines is 1. The van der Waals surface area contributed by atoms with E-state index in [1.165, 1.54) is 15.7 Å². The first-order chi connectivity index (χ1) is 12.5. The lowest BCUT2D eigenvalue weighted by Gasteiger charge is -2.11. The number of halogens is 1. The topological polar surface area (TPSA) is 50.5 Å². The molecule has 0 aliphatic carbocycles. The van der Waals surface area contributed by atoms with E-state index < -0.39 is 0 Å². The van der Waals surface area contributed by atoms with Crippen LogP contribution < -0.4 is 15.0 Å². The van der Waals surface area contributed by atoms with Crippen molar-refractivity contribution in [2.45, 2.75) is 0 Å².